The van der Waals surface area contributed by atoms with Crippen LogP contribution in [0.1, 0.15) is 0 Å². The van der Waals surface area contributed by atoms with E-state index in [4.69, 9.17) is 0 Å². The average molecular weight is 224 g/mol. The zero-order valence-electron chi connectivity index (χ0n) is 9.96. The van der Waals surface area contributed by atoms with Gasteiger partial charge in [-0.05, 0) is 30.3 Å². The molecule has 0 saturated heterocycles. The van der Waals surface area contributed by atoms with Crippen molar-refractivity contribution in [2.24, 2.45) is 10.2 Å². The highest BCUT2D eigenvalue weighted by atomic mass is 15.1. The molecule has 0 aliphatic heterocycles. The minimum atomic E-state index is 0.740. The van der Waals surface area contributed by atoms with E-state index in [-0.39, 0.29) is 0 Å². The zero-order valence-corrected chi connectivity index (χ0v) is 9.96. The summed E-state index contributed by atoms with van der Waals surface area (Å²) in [6.07, 6.45) is 0. The standard InChI is InChI=1S/C14H14N3/c1-17(2)14-10-8-13(9-11-14)16-15-12-6-4-3-5-7-12/h3-6,8-11H,1-2H3. The maximum Gasteiger partial charge on any atom is 0.0936 e. The maximum absolute atomic E-state index is 4.15. The third-order valence-corrected chi connectivity index (χ3v) is 2.33. The Morgan fingerprint density at radius 1 is 0.941 bits per heavy atom. The first-order valence-corrected chi connectivity index (χ1v) is 5.41. The predicted octanol–water partition coefficient (Wildman–Crippen LogP) is 3.97. The number of azo groups is 1. The van der Waals surface area contributed by atoms with Crippen LogP contribution in [-0.4, -0.2) is 14.1 Å². The van der Waals surface area contributed by atoms with E-state index in [0.29, 0.717) is 0 Å². The van der Waals surface area contributed by atoms with Gasteiger partial charge >= 0.3 is 0 Å². The molecule has 0 fully saturated rings. The van der Waals surface area contributed by atoms with E-state index in [2.05, 4.69) is 16.3 Å². The summed E-state index contributed by atoms with van der Waals surface area (Å²) in [7, 11) is 4.02. The number of hydrogen-bond donors (Lipinski definition) is 0. The molecule has 2 aromatic carbocycles. The Kier molecular flexibility index (Phi) is 3.50. The van der Waals surface area contributed by atoms with E-state index in [1.807, 2.05) is 67.5 Å². The lowest BCUT2D eigenvalue weighted by Crippen LogP contribution is -2.07. The van der Waals surface area contributed by atoms with Crippen LogP contribution < -0.4 is 4.90 Å². The van der Waals surface area contributed by atoms with Crippen LogP contribution in [0.25, 0.3) is 0 Å². The van der Waals surface area contributed by atoms with Gasteiger partial charge < -0.3 is 4.90 Å². The number of anilines is 1. The Bertz CT molecular complexity index is 487. The van der Waals surface area contributed by atoms with E-state index in [0.717, 1.165) is 17.1 Å². The molecule has 0 aromatic heterocycles. The fourth-order valence-corrected chi connectivity index (χ4v) is 1.38. The van der Waals surface area contributed by atoms with Crippen molar-refractivity contribution >= 4 is 17.1 Å². The topological polar surface area (TPSA) is 28.0 Å². The van der Waals surface area contributed by atoms with E-state index >= 15 is 0 Å². The highest BCUT2D eigenvalue weighted by Gasteiger charge is 1.94. The van der Waals surface area contributed by atoms with Crippen LogP contribution in [-0.2, 0) is 0 Å². The second kappa shape index (κ2) is 5.25. The van der Waals surface area contributed by atoms with Crippen molar-refractivity contribution in [1.29, 1.82) is 0 Å². The van der Waals surface area contributed by atoms with Crippen molar-refractivity contribution < 1.29 is 0 Å². The lowest BCUT2D eigenvalue weighted by Gasteiger charge is -2.11. The number of hydrogen-bond acceptors (Lipinski definition) is 3. The van der Waals surface area contributed by atoms with Crippen molar-refractivity contribution in [3.63, 3.8) is 0 Å². The first kappa shape index (κ1) is 11.3. The fourth-order valence-electron chi connectivity index (χ4n) is 1.38. The van der Waals surface area contributed by atoms with Crippen LogP contribution in [0.15, 0.2) is 58.8 Å². The highest BCUT2D eigenvalue weighted by molar-refractivity contribution is 5.51. The zero-order chi connectivity index (χ0) is 12.1. The van der Waals surface area contributed by atoms with Gasteiger partial charge in [-0.3, -0.25) is 0 Å². The highest BCUT2D eigenvalue weighted by Crippen LogP contribution is 2.20. The van der Waals surface area contributed by atoms with Gasteiger partial charge in [0.25, 0.3) is 0 Å². The molecule has 85 valence electrons. The van der Waals surface area contributed by atoms with Crippen molar-refractivity contribution in [1.82, 2.24) is 0 Å². The third-order valence-electron chi connectivity index (χ3n) is 2.33. The molecule has 0 saturated carbocycles. The lowest BCUT2D eigenvalue weighted by atomic mass is 10.3. The average Bonchev–Trinajstić information content (AvgIpc) is 2.38. The molecule has 1 radical (unpaired) electrons. The lowest BCUT2D eigenvalue weighted by molar-refractivity contribution is 1.13. The summed E-state index contributed by atoms with van der Waals surface area (Å²) in [5.41, 5.74) is 2.73. The van der Waals surface area contributed by atoms with Crippen molar-refractivity contribution in [3.05, 3.63) is 54.6 Å². The summed E-state index contributed by atoms with van der Waals surface area (Å²) in [4.78, 5) is 2.05. The summed E-state index contributed by atoms with van der Waals surface area (Å²) >= 11 is 0. The largest absolute Gasteiger partial charge is 0.378 e. The monoisotopic (exact) mass is 224 g/mol. The second-order valence-corrected chi connectivity index (χ2v) is 3.86. The molecular formula is C14H14N3. The molecule has 3 nitrogen and oxygen atoms in total. The summed E-state index contributed by atoms with van der Waals surface area (Å²) in [5.74, 6) is 0. The molecule has 0 aliphatic carbocycles. The number of benzene rings is 2. The predicted molar refractivity (Wildman–Crippen MR) is 70.2 cm³/mol. The Morgan fingerprint density at radius 2 is 1.71 bits per heavy atom. The van der Waals surface area contributed by atoms with E-state index in [1.54, 1.807) is 0 Å². The number of rotatable bonds is 3. The molecule has 0 atom stereocenters. The third kappa shape index (κ3) is 3.14. The molecule has 0 aliphatic rings. The SMILES string of the molecule is CN(C)c1ccc(N=Nc2[c]cccc2)cc1. The Morgan fingerprint density at radius 3 is 2.29 bits per heavy atom. The van der Waals surface area contributed by atoms with E-state index < -0.39 is 0 Å². The van der Waals surface area contributed by atoms with Gasteiger partial charge in [0.05, 0.1) is 11.4 Å². The molecular weight excluding hydrogens is 210 g/mol. The fraction of sp³-hybridized carbons (Fsp3) is 0.143. The van der Waals surface area contributed by atoms with Gasteiger partial charge in [0.2, 0.25) is 0 Å². The van der Waals surface area contributed by atoms with Crippen molar-refractivity contribution in [2.45, 2.75) is 0 Å². The first-order chi connectivity index (χ1) is 8.25. The normalized spacial score (nSPS) is 10.7. The summed E-state index contributed by atoms with van der Waals surface area (Å²) in [5, 5.41) is 8.26. The van der Waals surface area contributed by atoms with E-state index in [1.165, 1.54) is 0 Å². The van der Waals surface area contributed by atoms with Crippen LogP contribution in [0.4, 0.5) is 17.1 Å². The van der Waals surface area contributed by atoms with Gasteiger partial charge in [-0.15, -0.1) is 5.11 Å². The molecule has 0 heterocycles. The van der Waals surface area contributed by atoms with Crippen LogP contribution in [0.3, 0.4) is 0 Å². The van der Waals surface area contributed by atoms with Gasteiger partial charge in [0.15, 0.2) is 0 Å². The molecule has 0 N–H and O–H groups in total. The second-order valence-electron chi connectivity index (χ2n) is 3.86. The first-order valence-electron chi connectivity index (χ1n) is 5.41. The Balaban J connectivity index is 2.12. The molecule has 0 spiro atoms. The smallest absolute Gasteiger partial charge is 0.0936 e. The molecule has 0 unspecified atom stereocenters. The number of nitrogens with zero attached hydrogens (tertiary/aromatic N) is 3. The molecule has 17 heavy (non-hydrogen) atoms. The molecule has 0 bridgehead atoms. The van der Waals surface area contributed by atoms with Crippen molar-refractivity contribution in [2.75, 3.05) is 19.0 Å². The van der Waals surface area contributed by atoms with Gasteiger partial charge in [-0.25, -0.2) is 0 Å². The molecule has 2 aromatic rings. The van der Waals surface area contributed by atoms with Crippen LogP contribution in [0, 0.1) is 6.07 Å². The quantitative estimate of drug-likeness (QED) is 0.725. The van der Waals surface area contributed by atoms with Gasteiger partial charge in [0.1, 0.15) is 0 Å². The van der Waals surface area contributed by atoms with Crippen molar-refractivity contribution in [3.8, 4) is 0 Å². The minimum Gasteiger partial charge on any atom is -0.378 e. The summed E-state index contributed by atoms with van der Waals surface area (Å²) < 4.78 is 0. The molecule has 0 amide bonds. The van der Waals surface area contributed by atoms with Gasteiger partial charge in [-0.2, -0.15) is 5.11 Å². The summed E-state index contributed by atoms with van der Waals surface area (Å²) in [6.45, 7) is 0. The van der Waals surface area contributed by atoms with Gasteiger partial charge in [0, 0.05) is 25.8 Å². The Hall–Kier alpha value is -2.16. The molecule has 2 rings (SSSR count). The van der Waals surface area contributed by atoms with Crippen LogP contribution in [0.5, 0.6) is 0 Å². The molecule has 3 heteroatoms. The van der Waals surface area contributed by atoms with Crippen LogP contribution in [0.2, 0.25) is 0 Å². The Labute approximate surface area is 101 Å². The minimum absolute atomic E-state index is 0.740. The van der Waals surface area contributed by atoms with E-state index in [9.17, 15) is 0 Å². The summed E-state index contributed by atoms with van der Waals surface area (Å²) in [6, 6.07) is 18.4. The van der Waals surface area contributed by atoms with Gasteiger partial charge in [-0.1, -0.05) is 18.2 Å². The maximum atomic E-state index is 4.15. The van der Waals surface area contributed by atoms with Crippen LogP contribution >= 0.6 is 0 Å².